The van der Waals surface area contributed by atoms with Crippen LogP contribution in [0.3, 0.4) is 0 Å². The Balaban J connectivity index is 2.22. The van der Waals surface area contributed by atoms with Gasteiger partial charge in [-0.05, 0) is 46.5 Å². The Morgan fingerprint density at radius 3 is 2.64 bits per heavy atom. The smallest absolute Gasteiger partial charge is 0.336 e. The van der Waals surface area contributed by atoms with E-state index < -0.39 is 23.4 Å². The van der Waals surface area contributed by atoms with Crippen LogP contribution in [0.5, 0.6) is 11.5 Å². The molecule has 180 valence electrons. The topological polar surface area (TPSA) is 117 Å². The van der Waals surface area contributed by atoms with Crippen LogP contribution in [0, 0.1) is 0 Å². The second kappa shape index (κ2) is 9.69. The average molecular weight is 459 g/mol. The maximum atomic E-state index is 12.9. The van der Waals surface area contributed by atoms with Crippen molar-refractivity contribution in [3.8, 4) is 11.5 Å². The number of carbonyl (C=O) groups is 1. The molecule has 7 heteroatoms. The zero-order valence-corrected chi connectivity index (χ0v) is 20.0. The summed E-state index contributed by atoms with van der Waals surface area (Å²) in [5.41, 5.74) is -0.263. The molecule has 0 radical (unpaired) electrons. The lowest BCUT2D eigenvalue weighted by Crippen LogP contribution is -2.42. The third-order valence-corrected chi connectivity index (χ3v) is 6.29. The zero-order chi connectivity index (χ0) is 24.5. The third kappa shape index (κ3) is 4.84. The lowest BCUT2D eigenvalue weighted by molar-refractivity contribution is -0.0429. The predicted octanol–water partition coefficient (Wildman–Crippen LogP) is 4.73. The van der Waals surface area contributed by atoms with Gasteiger partial charge in [0.25, 0.3) is 0 Å². The first-order valence-electron chi connectivity index (χ1n) is 11.6. The molecule has 1 aromatic carbocycles. The quantitative estimate of drug-likeness (QED) is 0.283. The zero-order valence-electron chi connectivity index (χ0n) is 20.0. The minimum absolute atomic E-state index is 0.0683. The number of hydrogen-bond acceptors (Lipinski definition) is 7. The van der Waals surface area contributed by atoms with Crippen molar-refractivity contribution >= 4 is 16.8 Å². The highest BCUT2D eigenvalue weighted by Gasteiger charge is 2.42. The van der Waals surface area contributed by atoms with E-state index in [1.807, 2.05) is 26.8 Å². The molecular formula is C26H34O7. The Morgan fingerprint density at radius 1 is 1.33 bits per heavy atom. The predicted molar refractivity (Wildman–Crippen MR) is 126 cm³/mol. The number of aliphatic hydroxyl groups is 2. The first-order chi connectivity index (χ1) is 15.5. The molecule has 0 bridgehead atoms. The number of rotatable bonds is 9. The Bertz CT molecular complexity index is 1140. The largest absolute Gasteiger partial charge is 0.507 e. The summed E-state index contributed by atoms with van der Waals surface area (Å²) in [6.45, 7) is 9.28. The molecule has 7 nitrogen and oxygen atoms in total. The number of ketones is 1. The van der Waals surface area contributed by atoms with Crippen molar-refractivity contribution in [2.24, 2.45) is 0 Å². The molecule has 1 aliphatic heterocycles. The van der Waals surface area contributed by atoms with E-state index in [0.29, 0.717) is 36.6 Å². The van der Waals surface area contributed by atoms with Crippen LogP contribution in [0.4, 0.5) is 0 Å². The highest BCUT2D eigenvalue weighted by atomic mass is 16.5. The van der Waals surface area contributed by atoms with E-state index in [0.717, 1.165) is 5.57 Å². The molecular weight excluding hydrogens is 424 g/mol. The van der Waals surface area contributed by atoms with Gasteiger partial charge in [0.1, 0.15) is 23.2 Å². The van der Waals surface area contributed by atoms with Crippen LogP contribution < -0.4 is 10.4 Å². The van der Waals surface area contributed by atoms with Crippen LogP contribution in [0.15, 0.2) is 26.9 Å². The maximum absolute atomic E-state index is 12.9. The van der Waals surface area contributed by atoms with Crippen molar-refractivity contribution < 1.29 is 29.3 Å². The molecule has 2 aromatic rings. The van der Waals surface area contributed by atoms with Crippen LogP contribution in [-0.2, 0) is 6.42 Å². The molecule has 0 aliphatic carbocycles. The number of benzene rings is 1. The lowest BCUT2D eigenvalue weighted by Gasteiger charge is -2.29. The van der Waals surface area contributed by atoms with E-state index in [-0.39, 0.29) is 46.8 Å². The van der Waals surface area contributed by atoms with Gasteiger partial charge in [0.2, 0.25) is 0 Å². The van der Waals surface area contributed by atoms with Gasteiger partial charge in [0.15, 0.2) is 11.4 Å². The number of aliphatic hydroxyl groups excluding tert-OH is 1. The van der Waals surface area contributed by atoms with Gasteiger partial charge >= 0.3 is 5.63 Å². The van der Waals surface area contributed by atoms with E-state index in [1.54, 1.807) is 13.8 Å². The van der Waals surface area contributed by atoms with Crippen molar-refractivity contribution in [1.29, 1.82) is 0 Å². The molecule has 1 aromatic heterocycles. The molecule has 0 amide bonds. The van der Waals surface area contributed by atoms with Gasteiger partial charge in [-0.3, -0.25) is 4.79 Å². The van der Waals surface area contributed by atoms with Crippen molar-refractivity contribution in [3.05, 3.63) is 44.8 Å². The Hall–Kier alpha value is -2.64. The van der Waals surface area contributed by atoms with Gasteiger partial charge in [-0.1, -0.05) is 25.5 Å². The standard InChI is InChI=1S/C26H34O7/c1-6-9-18(28)22-23(30)16-12-19(26(5,31)11-8-10-14(3)4)32-24(16)21-15(17(27)7-2)13-20(29)33-25(21)22/h10,13,17,19,27,30-31H,6-9,11-12H2,1-5H3. The van der Waals surface area contributed by atoms with Gasteiger partial charge in [-0.25, -0.2) is 4.79 Å². The number of aromatic hydroxyl groups is 1. The van der Waals surface area contributed by atoms with Crippen molar-refractivity contribution in [3.63, 3.8) is 0 Å². The average Bonchev–Trinajstić information content (AvgIpc) is 3.19. The summed E-state index contributed by atoms with van der Waals surface area (Å²) in [5, 5.41) is 33.2. The second-order valence-corrected chi connectivity index (χ2v) is 9.34. The summed E-state index contributed by atoms with van der Waals surface area (Å²) in [5.74, 6) is -0.396. The van der Waals surface area contributed by atoms with Crippen molar-refractivity contribution in [1.82, 2.24) is 0 Å². The van der Waals surface area contributed by atoms with Gasteiger partial charge in [-0.15, -0.1) is 0 Å². The molecule has 3 rings (SSSR count). The number of phenols is 1. The Labute approximate surface area is 193 Å². The molecule has 3 unspecified atom stereocenters. The number of Topliss-reactive ketones (excluding diaryl/α,β-unsaturated/α-hetero) is 1. The summed E-state index contributed by atoms with van der Waals surface area (Å²) in [7, 11) is 0. The number of fused-ring (bicyclic) bond motifs is 3. The summed E-state index contributed by atoms with van der Waals surface area (Å²) in [6, 6.07) is 1.20. The maximum Gasteiger partial charge on any atom is 0.336 e. The number of carbonyl (C=O) groups excluding carboxylic acids is 1. The molecule has 0 spiro atoms. The van der Waals surface area contributed by atoms with E-state index in [2.05, 4.69) is 0 Å². The molecule has 3 atom stereocenters. The van der Waals surface area contributed by atoms with Crippen LogP contribution >= 0.6 is 0 Å². The minimum Gasteiger partial charge on any atom is -0.507 e. The first kappa shape index (κ1) is 25.0. The van der Waals surface area contributed by atoms with Crippen LogP contribution in [0.1, 0.15) is 94.3 Å². The van der Waals surface area contributed by atoms with Gasteiger partial charge in [-0.2, -0.15) is 0 Å². The van der Waals surface area contributed by atoms with Crippen LogP contribution in [-0.4, -0.2) is 32.8 Å². The summed E-state index contributed by atoms with van der Waals surface area (Å²) in [6.07, 6.45) is 2.71. The second-order valence-electron chi connectivity index (χ2n) is 9.34. The van der Waals surface area contributed by atoms with Gasteiger partial charge < -0.3 is 24.5 Å². The lowest BCUT2D eigenvalue weighted by atomic mass is 9.88. The summed E-state index contributed by atoms with van der Waals surface area (Å²) in [4.78, 5) is 25.3. The Morgan fingerprint density at radius 2 is 2.03 bits per heavy atom. The monoisotopic (exact) mass is 458 g/mol. The van der Waals surface area contributed by atoms with Crippen LogP contribution in [0.25, 0.3) is 11.0 Å². The number of phenolic OH excluding ortho intramolecular Hbond substituents is 1. The molecule has 33 heavy (non-hydrogen) atoms. The third-order valence-electron chi connectivity index (χ3n) is 6.29. The number of hydrogen-bond donors (Lipinski definition) is 3. The number of allylic oxidation sites excluding steroid dienone is 2. The fourth-order valence-corrected chi connectivity index (χ4v) is 4.38. The van der Waals surface area contributed by atoms with E-state index in [1.165, 1.54) is 6.07 Å². The molecule has 1 aliphatic rings. The normalized spacial score (nSPS) is 17.8. The fourth-order valence-electron chi connectivity index (χ4n) is 4.38. The molecule has 0 saturated heterocycles. The van der Waals surface area contributed by atoms with E-state index >= 15 is 0 Å². The minimum atomic E-state index is -1.21. The molecule has 2 heterocycles. The first-order valence-corrected chi connectivity index (χ1v) is 11.6. The summed E-state index contributed by atoms with van der Waals surface area (Å²) >= 11 is 0. The van der Waals surface area contributed by atoms with E-state index in [4.69, 9.17) is 9.15 Å². The number of ether oxygens (including phenoxy) is 1. The highest BCUT2D eigenvalue weighted by Crippen LogP contribution is 2.49. The highest BCUT2D eigenvalue weighted by molar-refractivity contribution is 6.11. The fraction of sp³-hybridized carbons (Fsp3) is 0.538. The van der Waals surface area contributed by atoms with Gasteiger partial charge in [0.05, 0.1) is 17.1 Å². The summed E-state index contributed by atoms with van der Waals surface area (Å²) < 4.78 is 11.6. The van der Waals surface area contributed by atoms with Crippen molar-refractivity contribution in [2.75, 3.05) is 0 Å². The molecule has 0 saturated carbocycles. The Kier molecular flexibility index (Phi) is 7.34. The van der Waals surface area contributed by atoms with E-state index in [9.17, 15) is 24.9 Å². The van der Waals surface area contributed by atoms with Crippen molar-refractivity contribution in [2.45, 2.75) is 91.0 Å². The molecule has 3 N–H and O–H groups in total. The SMILES string of the molecule is CCCC(=O)c1c(O)c2c(c3c(C(O)CC)cc(=O)oc13)OC(C(C)(O)CCC=C(C)C)C2. The molecule has 0 fully saturated rings. The van der Waals surface area contributed by atoms with Crippen LogP contribution in [0.2, 0.25) is 0 Å². The van der Waals surface area contributed by atoms with Gasteiger partial charge in [0, 0.05) is 30.0 Å².